The zero-order valence-corrected chi connectivity index (χ0v) is 21.4. The molecule has 6 nitrogen and oxygen atoms in total. The fourth-order valence-electron chi connectivity index (χ4n) is 6.97. The normalized spacial score (nSPS) is 35.1. The van der Waals surface area contributed by atoms with E-state index in [-0.39, 0.29) is 59.5 Å². The standard InChI is InChI=1S/C26H32N4O2.HI/c1-2-27-26(29-14-20-19-10-9-15-5-3-4-6-18(15)23(19)20)28-11-12-30-24(31)21-16-7-8-17(13-16)22(21)25(30)32;/h3-8,16-17,19-23H,2,9-14H2,1H3,(H2,27,28,29);1H. The van der Waals surface area contributed by atoms with E-state index in [9.17, 15) is 9.59 Å². The molecule has 2 amide bonds. The molecule has 0 aromatic heterocycles. The van der Waals surface area contributed by atoms with Crippen LogP contribution in [0.3, 0.4) is 0 Å². The molecule has 0 radical (unpaired) electrons. The van der Waals surface area contributed by atoms with Gasteiger partial charge in [0.1, 0.15) is 0 Å². The van der Waals surface area contributed by atoms with Gasteiger partial charge in [-0.2, -0.15) is 0 Å². The van der Waals surface area contributed by atoms with Gasteiger partial charge in [0.15, 0.2) is 5.96 Å². The van der Waals surface area contributed by atoms with Crippen LogP contribution in [0, 0.1) is 35.5 Å². The zero-order chi connectivity index (χ0) is 21.8. The number of hydrogen-bond donors (Lipinski definition) is 2. The SMILES string of the molecule is CCNC(=NCC1C2CCc3ccccc3C21)NCCN1C(=O)C2C3C=CC(C3)C2C1=O.I. The third kappa shape index (κ3) is 3.80. The van der Waals surface area contributed by atoms with Crippen molar-refractivity contribution in [2.24, 2.45) is 40.5 Å². The van der Waals surface area contributed by atoms with Crippen molar-refractivity contribution in [2.45, 2.75) is 32.1 Å². The van der Waals surface area contributed by atoms with Crippen LogP contribution in [0.4, 0.5) is 0 Å². The Kier molecular flexibility index (Phi) is 6.27. The number of aliphatic imine (C=N–C) groups is 1. The number of amides is 2. The number of likely N-dealkylation sites (tertiary alicyclic amines) is 1. The van der Waals surface area contributed by atoms with Gasteiger partial charge in [0, 0.05) is 26.2 Å². The summed E-state index contributed by atoms with van der Waals surface area (Å²) in [7, 11) is 0. The van der Waals surface area contributed by atoms with Crippen molar-refractivity contribution in [3.8, 4) is 0 Å². The lowest BCUT2D eigenvalue weighted by Gasteiger charge is -2.18. The lowest BCUT2D eigenvalue weighted by atomic mass is 9.85. The van der Waals surface area contributed by atoms with Crippen LogP contribution in [0.1, 0.15) is 36.8 Å². The highest BCUT2D eigenvalue weighted by Crippen LogP contribution is 2.59. The van der Waals surface area contributed by atoms with Gasteiger partial charge in [-0.25, -0.2) is 0 Å². The second-order valence-electron chi connectivity index (χ2n) is 10.1. The van der Waals surface area contributed by atoms with Crippen molar-refractivity contribution in [3.63, 3.8) is 0 Å². The van der Waals surface area contributed by atoms with E-state index in [4.69, 9.17) is 4.99 Å². The smallest absolute Gasteiger partial charge is 0.233 e. The molecule has 7 atom stereocenters. The Balaban J connectivity index is 0.00000228. The van der Waals surface area contributed by atoms with Crippen LogP contribution >= 0.6 is 24.0 Å². The first-order chi connectivity index (χ1) is 15.7. The largest absolute Gasteiger partial charge is 0.357 e. The Hall–Kier alpha value is -1.90. The molecule has 7 unspecified atom stereocenters. The summed E-state index contributed by atoms with van der Waals surface area (Å²) in [5.41, 5.74) is 3.04. The molecular formula is C26H33IN4O2. The molecular weight excluding hydrogens is 527 g/mol. The van der Waals surface area contributed by atoms with Crippen molar-refractivity contribution in [3.05, 3.63) is 47.5 Å². The number of benzene rings is 1. The molecule has 3 fully saturated rings. The molecule has 5 aliphatic rings. The van der Waals surface area contributed by atoms with Crippen molar-refractivity contribution >= 4 is 41.8 Å². The quantitative estimate of drug-likeness (QED) is 0.185. The number of fused-ring (bicyclic) bond motifs is 8. The van der Waals surface area contributed by atoms with Gasteiger partial charge in [0.25, 0.3) is 0 Å². The van der Waals surface area contributed by atoms with E-state index in [0.29, 0.717) is 24.9 Å². The van der Waals surface area contributed by atoms with Gasteiger partial charge in [-0.05, 0) is 66.9 Å². The molecule has 0 spiro atoms. The molecule has 33 heavy (non-hydrogen) atoms. The minimum absolute atomic E-state index is 0. The Bertz CT molecular complexity index is 978. The monoisotopic (exact) mass is 560 g/mol. The predicted octanol–water partition coefficient (Wildman–Crippen LogP) is 2.94. The van der Waals surface area contributed by atoms with Gasteiger partial charge in [-0.15, -0.1) is 24.0 Å². The Morgan fingerprint density at radius 3 is 2.52 bits per heavy atom. The van der Waals surface area contributed by atoms with Gasteiger partial charge in [0.2, 0.25) is 11.8 Å². The summed E-state index contributed by atoms with van der Waals surface area (Å²) in [6.07, 6.45) is 7.71. The summed E-state index contributed by atoms with van der Waals surface area (Å²) in [6.45, 7) is 4.61. The van der Waals surface area contributed by atoms with Crippen molar-refractivity contribution < 1.29 is 9.59 Å². The van der Waals surface area contributed by atoms with Crippen LogP contribution < -0.4 is 10.6 Å². The fourth-order valence-corrected chi connectivity index (χ4v) is 6.97. The fraction of sp³-hybridized carbons (Fsp3) is 0.577. The molecule has 4 aliphatic carbocycles. The van der Waals surface area contributed by atoms with E-state index in [1.807, 2.05) is 0 Å². The molecule has 7 heteroatoms. The van der Waals surface area contributed by atoms with Crippen LogP contribution in [-0.2, 0) is 16.0 Å². The highest BCUT2D eigenvalue weighted by atomic mass is 127. The highest BCUT2D eigenvalue weighted by molar-refractivity contribution is 14.0. The molecule has 1 saturated heterocycles. The summed E-state index contributed by atoms with van der Waals surface area (Å²) in [5.74, 6) is 3.21. The average molecular weight is 560 g/mol. The third-order valence-corrected chi connectivity index (χ3v) is 8.49. The van der Waals surface area contributed by atoms with E-state index in [1.165, 1.54) is 28.9 Å². The second-order valence-corrected chi connectivity index (χ2v) is 10.1. The van der Waals surface area contributed by atoms with Gasteiger partial charge < -0.3 is 10.6 Å². The topological polar surface area (TPSA) is 73.8 Å². The first kappa shape index (κ1) is 22.9. The summed E-state index contributed by atoms with van der Waals surface area (Å²) >= 11 is 0. The van der Waals surface area contributed by atoms with E-state index in [1.54, 1.807) is 0 Å². The van der Waals surface area contributed by atoms with Crippen molar-refractivity contribution in [1.82, 2.24) is 15.5 Å². The number of hydrogen-bond acceptors (Lipinski definition) is 3. The van der Waals surface area contributed by atoms with E-state index in [2.05, 4.69) is 54.0 Å². The second kappa shape index (κ2) is 9.04. The number of aryl methyl sites for hydroxylation is 1. The summed E-state index contributed by atoms with van der Waals surface area (Å²) in [5, 5.41) is 6.67. The Morgan fingerprint density at radius 1 is 1.06 bits per heavy atom. The molecule has 6 rings (SSSR count). The first-order valence-electron chi connectivity index (χ1n) is 12.3. The van der Waals surface area contributed by atoms with Crippen molar-refractivity contribution in [2.75, 3.05) is 26.2 Å². The number of imide groups is 1. The first-order valence-corrected chi connectivity index (χ1v) is 12.3. The lowest BCUT2D eigenvalue weighted by Crippen LogP contribution is -2.43. The zero-order valence-electron chi connectivity index (χ0n) is 19.1. The van der Waals surface area contributed by atoms with E-state index < -0.39 is 0 Å². The number of allylic oxidation sites excluding steroid dienone is 2. The van der Waals surface area contributed by atoms with Gasteiger partial charge >= 0.3 is 0 Å². The Morgan fingerprint density at radius 2 is 1.79 bits per heavy atom. The van der Waals surface area contributed by atoms with Crippen LogP contribution in [0.25, 0.3) is 0 Å². The van der Waals surface area contributed by atoms with Crippen LogP contribution in [-0.4, -0.2) is 48.9 Å². The van der Waals surface area contributed by atoms with Gasteiger partial charge in [0.05, 0.1) is 11.8 Å². The van der Waals surface area contributed by atoms with Crippen LogP contribution in [0.15, 0.2) is 41.4 Å². The van der Waals surface area contributed by atoms with E-state index in [0.717, 1.165) is 31.4 Å². The number of carbonyl (C=O) groups excluding carboxylic acids is 2. The maximum atomic E-state index is 12.9. The van der Waals surface area contributed by atoms with Crippen LogP contribution in [0.5, 0.6) is 0 Å². The Labute approximate surface area is 212 Å². The number of guanidine groups is 1. The van der Waals surface area contributed by atoms with Gasteiger partial charge in [-0.3, -0.25) is 19.5 Å². The average Bonchev–Trinajstić information content (AvgIpc) is 3.06. The number of carbonyl (C=O) groups is 2. The minimum Gasteiger partial charge on any atom is -0.357 e. The molecule has 1 heterocycles. The minimum atomic E-state index is -0.111. The molecule has 176 valence electrons. The molecule has 2 N–H and O–H groups in total. The maximum absolute atomic E-state index is 12.9. The summed E-state index contributed by atoms with van der Waals surface area (Å²) in [4.78, 5) is 32.1. The molecule has 2 saturated carbocycles. The van der Waals surface area contributed by atoms with E-state index >= 15 is 0 Å². The number of rotatable bonds is 6. The highest BCUT2D eigenvalue weighted by Gasteiger charge is 2.59. The molecule has 1 aromatic carbocycles. The molecule has 1 aliphatic heterocycles. The summed E-state index contributed by atoms with van der Waals surface area (Å²) in [6, 6.07) is 8.86. The van der Waals surface area contributed by atoms with Crippen LogP contribution in [0.2, 0.25) is 0 Å². The third-order valence-electron chi connectivity index (χ3n) is 8.49. The molecule has 1 aromatic rings. The number of halogens is 1. The molecule has 2 bridgehead atoms. The number of nitrogens with zero attached hydrogens (tertiary/aromatic N) is 2. The van der Waals surface area contributed by atoms with Crippen molar-refractivity contribution in [1.29, 1.82) is 0 Å². The maximum Gasteiger partial charge on any atom is 0.233 e. The predicted molar refractivity (Wildman–Crippen MR) is 138 cm³/mol. The number of nitrogens with one attached hydrogen (secondary N) is 2. The lowest BCUT2D eigenvalue weighted by molar-refractivity contribution is -0.140. The summed E-state index contributed by atoms with van der Waals surface area (Å²) < 4.78 is 0. The van der Waals surface area contributed by atoms with Gasteiger partial charge in [-0.1, -0.05) is 36.4 Å².